The van der Waals surface area contributed by atoms with Crippen molar-refractivity contribution in [3.63, 3.8) is 0 Å². The van der Waals surface area contributed by atoms with Crippen LogP contribution in [0.15, 0.2) is 17.1 Å². The number of nitrogen functional groups attached to an aromatic ring is 1. The SMILES string of the molecule is C=C(C)c1c(F)cc(F)c2oc(N)nc12. The zero-order valence-corrected chi connectivity index (χ0v) is 7.97. The van der Waals surface area contributed by atoms with E-state index in [0.29, 0.717) is 5.57 Å². The van der Waals surface area contributed by atoms with Crippen molar-refractivity contribution in [2.75, 3.05) is 5.73 Å². The van der Waals surface area contributed by atoms with E-state index in [1.54, 1.807) is 6.92 Å². The molecule has 0 radical (unpaired) electrons. The first kappa shape index (κ1) is 9.64. The van der Waals surface area contributed by atoms with Gasteiger partial charge in [-0.05, 0) is 12.5 Å². The Morgan fingerprint density at radius 2 is 2.13 bits per heavy atom. The van der Waals surface area contributed by atoms with Crippen LogP contribution >= 0.6 is 0 Å². The van der Waals surface area contributed by atoms with Gasteiger partial charge in [0.2, 0.25) is 0 Å². The molecule has 0 amide bonds. The number of oxazole rings is 1. The minimum atomic E-state index is -0.822. The molecule has 1 aromatic carbocycles. The Morgan fingerprint density at radius 3 is 2.73 bits per heavy atom. The van der Waals surface area contributed by atoms with Gasteiger partial charge in [0.25, 0.3) is 6.01 Å². The predicted molar refractivity (Wildman–Crippen MR) is 53.0 cm³/mol. The number of fused-ring (bicyclic) bond motifs is 1. The van der Waals surface area contributed by atoms with Crippen molar-refractivity contribution >= 4 is 22.7 Å². The average molecular weight is 210 g/mol. The van der Waals surface area contributed by atoms with E-state index in [2.05, 4.69) is 11.6 Å². The van der Waals surface area contributed by atoms with Crippen molar-refractivity contribution < 1.29 is 13.2 Å². The van der Waals surface area contributed by atoms with Crippen LogP contribution in [0.3, 0.4) is 0 Å². The molecule has 0 aliphatic heterocycles. The second-order valence-corrected chi connectivity index (χ2v) is 3.23. The van der Waals surface area contributed by atoms with E-state index in [1.165, 1.54) is 0 Å². The molecule has 0 unspecified atom stereocenters. The summed E-state index contributed by atoms with van der Waals surface area (Å²) in [5.41, 5.74) is 5.77. The molecule has 0 aliphatic carbocycles. The van der Waals surface area contributed by atoms with Crippen molar-refractivity contribution in [2.24, 2.45) is 0 Å². The number of anilines is 1. The lowest BCUT2D eigenvalue weighted by Crippen LogP contribution is -1.91. The van der Waals surface area contributed by atoms with Crippen LogP contribution in [0.5, 0.6) is 0 Å². The minimum absolute atomic E-state index is 0.0671. The number of benzene rings is 1. The van der Waals surface area contributed by atoms with E-state index < -0.39 is 11.6 Å². The third-order valence-corrected chi connectivity index (χ3v) is 2.02. The Kier molecular flexibility index (Phi) is 1.96. The van der Waals surface area contributed by atoms with Crippen LogP contribution in [0.4, 0.5) is 14.8 Å². The lowest BCUT2D eigenvalue weighted by molar-refractivity contribution is 0.552. The first-order valence-corrected chi connectivity index (χ1v) is 4.20. The number of hydrogen-bond donors (Lipinski definition) is 1. The number of nitrogens with zero attached hydrogens (tertiary/aromatic N) is 1. The van der Waals surface area contributed by atoms with Gasteiger partial charge < -0.3 is 10.2 Å². The van der Waals surface area contributed by atoms with E-state index in [0.717, 1.165) is 6.07 Å². The monoisotopic (exact) mass is 210 g/mol. The van der Waals surface area contributed by atoms with Crippen LogP contribution in [-0.2, 0) is 0 Å². The number of nitrogens with two attached hydrogens (primary N) is 1. The highest BCUT2D eigenvalue weighted by Gasteiger charge is 2.18. The van der Waals surface area contributed by atoms with Crippen molar-refractivity contribution in [2.45, 2.75) is 6.92 Å². The molecule has 0 bridgehead atoms. The fourth-order valence-electron chi connectivity index (χ4n) is 1.44. The van der Waals surface area contributed by atoms with Gasteiger partial charge in [0.1, 0.15) is 11.3 Å². The quantitative estimate of drug-likeness (QED) is 0.787. The molecule has 2 rings (SSSR count). The van der Waals surface area contributed by atoms with Crippen LogP contribution in [0, 0.1) is 11.6 Å². The summed E-state index contributed by atoms with van der Waals surface area (Å²) in [5.74, 6) is -1.54. The molecule has 3 nitrogen and oxygen atoms in total. The van der Waals surface area contributed by atoms with E-state index in [-0.39, 0.29) is 22.7 Å². The van der Waals surface area contributed by atoms with Crippen LogP contribution in [0.1, 0.15) is 12.5 Å². The topological polar surface area (TPSA) is 52.0 Å². The zero-order chi connectivity index (χ0) is 11.2. The van der Waals surface area contributed by atoms with Gasteiger partial charge in [-0.15, -0.1) is 0 Å². The van der Waals surface area contributed by atoms with Gasteiger partial charge in [-0.2, -0.15) is 4.98 Å². The molecule has 1 heterocycles. The number of aromatic nitrogens is 1. The fraction of sp³-hybridized carbons (Fsp3) is 0.100. The maximum atomic E-state index is 13.4. The summed E-state index contributed by atoms with van der Waals surface area (Å²) in [5, 5.41) is 0. The Hall–Kier alpha value is -1.91. The number of allylic oxidation sites excluding steroid dienone is 1. The van der Waals surface area contributed by atoms with Gasteiger partial charge in [0.15, 0.2) is 11.4 Å². The summed E-state index contributed by atoms with van der Waals surface area (Å²) in [7, 11) is 0. The number of rotatable bonds is 1. The summed E-state index contributed by atoms with van der Waals surface area (Å²) < 4.78 is 31.5. The first-order chi connectivity index (χ1) is 7.00. The van der Waals surface area contributed by atoms with Crippen LogP contribution < -0.4 is 5.73 Å². The van der Waals surface area contributed by atoms with Crippen molar-refractivity contribution in [1.29, 1.82) is 0 Å². The first-order valence-electron chi connectivity index (χ1n) is 4.20. The second kappa shape index (κ2) is 3.05. The molecule has 0 saturated carbocycles. The van der Waals surface area contributed by atoms with Crippen molar-refractivity contribution in [1.82, 2.24) is 4.98 Å². The van der Waals surface area contributed by atoms with Crippen LogP contribution in [-0.4, -0.2) is 4.98 Å². The summed E-state index contributed by atoms with van der Waals surface area (Å²) in [6.07, 6.45) is 0. The summed E-state index contributed by atoms with van der Waals surface area (Å²) in [6.45, 7) is 5.19. The van der Waals surface area contributed by atoms with E-state index in [4.69, 9.17) is 10.2 Å². The van der Waals surface area contributed by atoms with E-state index >= 15 is 0 Å². The molecule has 0 saturated heterocycles. The normalized spacial score (nSPS) is 10.9. The Bertz CT molecular complexity index is 560. The predicted octanol–water partition coefficient (Wildman–Crippen LogP) is 2.72. The Balaban J connectivity index is 2.95. The molecule has 5 heteroatoms. The minimum Gasteiger partial charge on any atom is -0.421 e. The Morgan fingerprint density at radius 1 is 1.47 bits per heavy atom. The van der Waals surface area contributed by atoms with E-state index in [1.807, 2.05) is 0 Å². The standard InChI is InChI=1S/C10H8F2N2O/c1-4(2)7-5(11)3-6(12)9-8(7)14-10(13)15-9/h3H,1H2,2H3,(H2,13,14). The molecule has 2 N–H and O–H groups in total. The third-order valence-electron chi connectivity index (χ3n) is 2.02. The zero-order valence-electron chi connectivity index (χ0n) is 7.97. The lowest BCUT2D eigenvalue weighted by atomic mass is 10.1. The Labute approximate surface area is 84.2 Å². The third kappa shape index (κ3) is 1.36. The molecule has 2 aromatic rings. The fourth-order valence-corrected chi connectivity index (χ4v) is 1.44. The molecule has 1 aromatic heterocycles. The summed E-state index contributed by atoms with van der Waals surface area (Å²) >= 11 is 0. The molecule has 15 heavy (non-hydrogen) atoms. The highest BCUT2D eigenvalue weighted by molar-refractivity contribution is 5.88. The van der Waals surface area contributed by atoms with Gasteiger partial charge in [-0.1, -0.05) is 6.58 Å². The number of halogens is 2. The second-order valence-electron chi connectivity index (χ2n) is 3.23. The van der Waals surface area contributed by atoms with Crippen LogP contribution in [0.2, 0.25) is 0 Å². The number of hydrogen-bond acceptors (Lipinski definition) is 3. The van der Waals surface area contributed by atoms with E-state index in [9.17, 15) is 8.78 Å². The largest absolute Gasteiger partial charge is 0.421 e. The van der Waals surface area contributed by atoms with Gasteiger partial charge in [0.05, 0.1) is 0 Å². The van der Waals surface area contributed by atoms with Crippen LogP contribution in [0.25, 0.3) is 16.7 Å². The summed E-state index contributed by atoms with van der Waals surface area (Å²) in [4.78, 5) is 3.73. The summed E-state index contributed by atoms with van der Waals surface area (Å²) in [6, 6.07) is 0.536. The maximum absolute atomic E-state index is 13.4. The smallest absolute Gasteiger partial charge is 0.293 e. The molecular formula is C10H8F2N2O. The van der Waals surface area contributed by atoms with Gasteiger partial charge in [-0.25, -0.2) is 8.78 Å². The van der Waals surface area contributed by atoms with Gasteiger partial charge >= 0.3 is 0 Å². The van der Waals surface area contributed by atoms with Gasteiger partial charge in [0, 0.05) is 11.6 Å². The van der Waals surface area contributed by atoms with Gasteiger partial charge in [-0.3, -0.25) is 0 Å². The maximum Gasteiger partial charge on any atom is 0.293 e. The molecule has 78 valence electrons. The van der Waals surface area contributed by atoms with Crippen molar-refractivity contribution in [3.8, 4) is 0 Å². The van der Waals surface area contributed by atoms with Crippen molar-refractivity contribution in [3.05, 3.63) is 29.8 Å². The lowest BCUT2D eigenvalue weighted by Gasteiger charge is -2.02. The molecule has 0 spiro atoms. The molecule has 0 aliphatic rings. The highest BCUT2D eigenvalue weighted by Crippen LogP contribution is 2.29. The highest BCUT2D eigenvalue weighted by atomic mass is 19.1. The molecule has 0 fully saturated rings. The molecular weight excluding hydrogens is 202 g/mol. The molecule has 0 atom stereocenters. The average Bonchev–Trinajstić information content (AvgIpc) is 2.45.